The molecule has 0 amide bonds. The van der Waals surface area contributed by atoms with Crippen molar-refractivity contribution in [1.29, 1.82) is 0 Å². The highest BCUT2D eigenvalue weighted by molar-refractivity contribution is 5.75. The Balaban J connectivity index is 1.96. The van der Waals surface area contributed by atoms with Gasteiger partial charge in [0.15, 0.2) is 6.29 Å². The number of benzene rings is 1. The fraction of sp³-hybridized carbons (Fsp3) is 0.550. The zero-order chi connectivity index (χ0) is 19.2. The van der Waals surface area contributed by atoms with Gasteiger partial charge >= 0.3 is 5.97 Å². The molecule has 144 valence electrons. The molecule has 0 aliphatic carbocycles. The van der Waals surface area contributed by atoms with Gasteiger partial charge in [0, 0.05) is 7.11 Å². The van der Waals surface area contributed by atoms with Gasteiger partial charge in [-0.05, 0) is 31.9 Å². The number of esters is 1. The quantitative estimate of drug-likeness (QED) is 0.401. The third-order valence-electron chi connectivity index (χ3n) is 3.93. The van der Waals surface area contributed by atoms with Gasteiger partial charge in [0.25, 0.3) is 0 Å². The lowest BCUT2D eigenvalue weighted by Gasteiger charge is -2.19. The highest BCUT2D eigenvalue weighted by Crippen LogP contribution is 2.30. The Morgan fingerprint density at radius 3 is 2.50 bits per heavy atom. The lowest BCUT2D eigenvalue weighted by Crippen LogP contribution is -2.28. The minimum Gasteiger partial charge on any atom is -0.462 e. The first-order valence-corrected chi connectivity index (χ1v) is 8.60. The summed E-state index contributed by atoms with van der Waals surface area (Å²) in [6, 6.07) is 9.78. The van der Waals surface area contributed by atoms with Gasteiger partial charge < -0.3 is 23.7 Å². The molecule has 0 bridgehead atoms. The molecule has 3 atom stereocenters. The first-order chi connectivity index (χ1) is 12.3. The minimum atomic E-state index is -0.642. The maximum Gasteiger partial charge on any atom is 0.311 e. The van der Waals surface area contributed by atoms with Crippen molar-refractivity contribution in [2.75, 3.05) is 20.5 Å². The Hall–Kier alpha value is -1.73. The molecule has 0 saturated carbocycles. The van der Waals surface area contributed by atoms with E-state index in [0.29, 0.717) is 12.2 Å². The molecule has 6 heteroatoms. The zero-order valence-corrected chi connectivity index (χ0v) is 15.9. The number of ether oxygens (including phenoxy) is 5. The Morgan fingerprint density at radius 2 is 1.88 bits per heavy atom. The SMILES string of the molecule is C=C1[C@@H](COC(=O)C(C)(C)C)OC(OCc2ccccc2)[C@H]1OCOC. The smallest absolute Gasteiger partial charge is 0.311 e. The van der Waals surface area contributed by atoms with Crippen LogP contribution in [0.2, 0.25) is 0 Å². The van der Waals surface area contributed by atoms with Crippen LogP contribution in [0.15, 0.2) is 42.5 Å². The summed E-state index contributed by atoms with van der Waals surface area (Å²) in [6.07, 6.45) is -1.61. The number of hydrogen-bond donors (Lipinski definition) is 0. The first kappa shape index (κ1) is 20.6. The van der Waals surface area contributed by atoms with Crippen LogP contribution < -0.4 is 0 Å². The predicted molar refractivity (Wildman–Crippen MR) is 96.2 cm³/mol. The van der Waals surface area contributed by atoms with Crippen molar-refractivity contribution < 1.29 is 28.5 Å². The van der Waals surface area contributed by atoms with Crippen molar-refractivity contribution >= 4 is 5.97 Å². The van der Waals surface area contributed by atoms with Crippen LogP contribution in [0, 0.1) is 5.41 Å². The molecule has 1 unspecified atom stereocenters. The number of carbonyl (C=O) groups excluding carboxylic acids is 1. The fourth-order valence-corrected chi connectivity index (χ4v) is 2.40. The third-order valence-corrected chi connectivity index (χ3v) is 3.93. The fourth-order valence-electron chi connectivity index (χ4n) is 2.40. The second-order valence-electron chi connectivity index (χ2n) is 7.21. The van der Waals surface area contributed by atoms with E-state index in [9.17, 15) is 4.79 Å². The molecule has 0 spiro atoms. The summed E-state index contributed by atoms with van der Waals surface area (Å²) in [6.45, 7) is 9.98. The van der Waals surface area contributed by atoms with Crippen LogP contribution >= 0.6 is 0 Å². The van der Waals surface area contributed by atoms with Crippen molar-refractivity contribution in [3.05, 3.63) is 48.0 Å². The topological polar surface area (TPSA) is 63.2 Å². The monoisotopic (exact) mass is 364 g/mol. The number of rotatable bonds is 8. The summed E-state index contributed by atoms with van der Waals surface area (Å²) >= 11 is 0. The average molecular weight is 364 g/mol. The Kier molecular flexibility index (Phi) is 7.34. The van der Waals surface area contributed by atoms with E-state index in [1.54, 1.807) is 27.9 Å². The maximum atomic E-state index is 12.0. The van der Waals surface area contributed by atoms with Crippen molar-refractivity contribution in [1.82, 2.24) is 0 Å². The van der Waals surface area contributed by atoms with Gasteiger partial charge in [-0.25, -0.2) is 0 Å². The van der Waals surface area contributed by atoms with Crippen molar-refractivity contribution in [2.24, 2.45) is 5.41 Å². The second kappa shape index (κ2) is 9.28. The van der Waals surface area contributed by atoms with E-state index >= 15 is 0 Å². The van der Waals surface area contributed by atoms with Crippen LogP contribution in [0.5, 0.6) is 0 Å². The Bertz CT molecular complexity index is 592. The summed E-state index contributed by atoms with van der Waals surface area (Å²) in [7, 11) is 1.54. The van der Waals surface area contributed by atoms with Crippen molar-refractivity contribution in [3.63, 3.8) is 0 Å². The summed E-state index contributed by atoms with van der Waals surface area (Å²) in [4.78, 5) is 12.0. The predicted octanol–water partition coefficient (Wildman–Crippen LogP) is 3.06. The number of hydrogen-bond acceptors (Lipinski definition) is 6. The van der Waals surface area contributed by atoms with E-state index in [0.717, 1.165) is 5.56 Å². The van der Waals surface area contributed by atoms with Gasteiger partial charge in [0.1, 0.15) is 25.6 Å². The zero-order valence-electron chi connectivity index (χ0n) is 15.9. The molecule has 2 rings (SSSR count). The van der Waals surface area contributed by atoms with E-state index in [2.05, 4.69) is 6.58 Å². The lowest BCUT2D eigenvalue weighted by molar-refractivity contribution is -0.202. The average Bonchev–Trinajstić information content (AvgIpc) is 2.91. The molecule has 0 radical (unpaired) electrons. The standard InChI is InChI=1S/C20H28O6/c1-14-16(12-24-19(21)20(2,3)4)26-18(17(14)25-13-22-5)23-11-15-9-7-6-8-10-15/h6-10,16-18H,1,11-13H2,2-5H3/t16-,17+,18?/m1/s1. The third kappa shape index (κ3) is 5.64. The highest BCUT2D eigenvalue weighted by Gasteiger charge is 2.41. The van der Waals surface area contributed by atoms with Crippen LogP contribution in [0.3, 0.4) is 0 Å². The van der Waals surface area contributed by atoms with Crippen LogP contribution in [0.4, 0.5) is 0 Å². The van der Waals surface area contributed by atoms with E-state index in [-0.39, 0.29) is 19.4 Å². The van der Waals surface area contributed by atoms with Gasteiger partial charge in [-0.1, -0.05) is 36.9 Å². The number of carbonyl (C=O) groups is 1. The molecule has 0 aromatic heterocycles. The number of methoxy groups -OCH3 is 1. The summed E-state index contributed by atoms with van der Waals surface area (Å²) < 4.78 is 27.8. The van der Waals surface area contributed by atoms with Gasteiger partial charge in [-0.15, -0.1) is 0 Å². The molecule has 26 heavy (non-hydrogen) atoms. The Labute approximate surface area is 155 Å². The van der Waals surface area contributed by atoms with Crippen LogP contribution in [-0.2, 0) is 35.1 Å². The van der Waals surface area contributed by atoms with Crippen LogP contribution in [0.25, 0.3) is 0 Å². The van der Waals surface area contributed by atoms with Crippen LogP contribution in [-0.4, -0.2) is 45.0 Å². The summed E-state index contributed by atoms with van der Waals surface area (Å²) in [5, 5.41) is 0. The molecule has 1 heterocycles. The summed E-state index contributed by atoms with van der Waals surface area (Å²) in [5.41, 5.74) is 1.12. The van der Waals surface area contributed by atoms with E-state index in [4.69, 9.17) is 23.7 Å². The largest absolute Gasteiger partial charge is 0.462 e. The molecular weight excluding hydrogens is 336 g/mol. The molecule has 1 aromatic carbocycles. The van der Waals surface area contributed by atoms with Gasteiger partial charge in [-0.3, -0.25) is 4.79 Å². The molecule has 1 saturated heterocycles. The van der Waals surface area contributed by atoms with E-state index < -0.39 is 23.9 Å². The van der Waals surface area contributed by atoms with Crippen molar-refractivity contribution in [2.45, 2.75) is 45.9 Å². The second-order valence-corrected chi connectivity index (χ2v) is 7.21. The van der Waals surface area contributed by atoms with Gasteiger partial charge in [-0.2, -0.15) is 0 Å². The normalized spacial score (nSPS) is 23.2. The Morgan fingerprint density at radius 1 is 1.19 bits per heavy atom. The molecule has 1 aliphatic rings. The van der Waals surface area contributed by atoms with E-state index in [1.165, 1.54) is 0 Å². The molecule has 6 nitrogen and oxygen atoms in total. The molecular formula is C20H28O6. The van der Waals surface area contributed by atoms with E-state index in [1.807, 2.05) is 30.3 Å². The first-order valence-electron chi connectivity index (χ1n) is 8.60. The summed E-state index contributed by atoms with van der Waals surface area (Å²) in [5.74, 6) is -0.295. The minimum absolute atomic E-state index is 0.0764. The van der Waals surface area contributed by atoms with Gasteiger partial charge in [0.2, 0.25) is 0 Å². The van der Waals surface area contributed by atoms with Gasteiger partial charge in [0.05, 0.1) is 12.0 Å². The molecule has 1 aromatic rings. The maximum absolute atomic E-state index is 12.0. The van der Waals surface area contributed by atoms with Crippen LogP contribution in [0.1, 0.15) is 26.3 Å². The molecule has 1 aliphatic heterocycles. The molecule has 1 fully saturated rings. The lowest BCUT2D eigenvalue weighted by atomic mass is 9.97. The highest BCUT2D eigenvalue weighted by atomic mass is 16.7. The van der Waals surface area contributed by atoms with Crippen molar-refractivity contribution in [3.8, 4) is 0 Å². The molecule has 0 N–H and O–H groups in total.